The Morgan fingerprint density at radius 1 is 1.26 bits per heavy atom. The van der Waals surface area contributed by atoms with Crippen molar-refractivity contribution in [3.05, 3.63) is 45.7 Å². The lowest BCUT2D eigenvalue weighted by molar-refractivity contribution is 0.740. The Morgan fingerprint density at radius 2 is 2.00 bits per heavy atom. The average molecular weight is 280 g/mol. The molecule has 1 aromatic heterocycles. The van der Waals surface area contributed by atoms with Crippen molar-refractivity contribution in [3.8, 4) is 5.69 Å². The standard InChI is InChI=1S/C14H18ClN3O/c1-2-3-4-9-16-13-10-14(19)18(17-13)12-7-5-11(15)6-8-12/h5-8,10,16-17H,2-4,9H2,1H3. The number of halogens is 1. The molecule has 0 aliphatic heterocycles. The smallest absolute Gasteiger partial charge is 0.273 e. The van der Waals surface area contributed by atoms with Crippen molar-refractivity contribution in [2.75, 3.05) is 11.9 Å². The lowest BCUT2D eigenvalue weighted by Gasteiger charge is -2.04. The molecule has 0 fully saturated rings. The quantitative estimate of drug-likeness (QED) is 0.796. The zero-order valence-corrected chi connectivity index (χ0v) is 11.7. The third-order valence-corrected chi connectivity index (χ3v) is 3.15. The van der Waals surface area contributed by atoms with E-state index in [0.29, 0.717) is 5.02 Å². The zero-order valence-electron chi connectivity index (χ0n) is 10.9. The normalized spacial score (nSPS) is 10.6. The van der Waals surface area contributed by atoms with Gasteiger partial charge in [-0.25, -0.2) is 4.68 Å². The summed E-state index contributed by atoms with van der Waals surface area (Å²) in [6.45, 7) is 3.04. The largest absolute Gasteiger partial charge is 0.370 e. The predicted octanol–water partition coefficient (Wildman–Crippen LogP) is 3.42. The summed E-state index contributed by atoms with van der Waals surface area (Å²) in [6, 6.07) is 8.71. The monoisotopic (exact) mass is 279 g/mol. The van der Waals surface area contributed by atoms with Crippen LogP contribution in [0.1, 0.15) is 26.2 Å². The van der Waals surface area contributed by atoms with E-state index in [9.17, 15) is 4.79 Å². The highest BCUT2D eigenvalue weighted by Gasteiger charge is 2.04. The SMILES string of the molecule is CCCCCNc1cc(=O)n(-c2ccc(Cl)cc2)[nH]1. The van der Waals surface area contributed by atoms with Gasteiger partial charge in [0.25, 0.3) is 5.56 Å². The number of nitrogens with one attached hydrogen (secondary N) is 2. The summed E-state index contributed by atoms with van der Waals surface area (Å²) in [4.78, 5) is 11.9. The number of unbranched alkanes of at least 4 members (excludes halogenated alkanes) is 2. The van der Waals surface area contributed by atoms with Crippen LogP contribution < -0.4 is 10.9 Å². The number of nitrogens with zero attached hydrogens (tertiary/aromatic N) is 1. The number of hydrogen-bond acceptors (Lipinski definition) is 2. The van der Waals surface area contributed by atoms with E-state index in [1.807, 2.05) is 0 Å². The molecule has 1 heterocycles. The summed E-state index contributed by atoms with van der Waals surface area (Å²) in [5.41, 5.74) is 0.691. The van der Waals surface area contributed by atoms with Gasteiger partial charge in [0, 0.05) is 17.6 Å². The van der Waals surface area contributed by atoms with Gasteiger partial charge in [-0.05, 0) is 30.7 Å². The van der Waals surface area contributed by atoms with Crippen molar-refractivity contribution in [2.24, 2.45) is 0 Å². The summed E-state index contributed by atoms with van der Waals surface area (Å²) >= 11 is 5.83. The molecule has 2 N–H and O–H groups in total. The minimum absolute atomic E-state index is 0.0830. The first-order valence-electron chi connectivity index (χ1n) is 6.52. The van der Waals surface area contributed by atoms with Crippen LogP contribution in [0.4, 0.5) is 5.82 Å². The third-order valence-electron chi connectivity index (χ3n) is 2.90. The molecule has 0 unspecified atom stereocenters. The maximum atomic E-state index is 11.9. The fourth-order valence-corrected chi connectivity index (χ4v) is 1.99. The number of benzene rings is 1. The van der Waals surface area contributed by atoms with Crippen molar-refractivity contribution < 1.29 is 0 Å². The Morgan fingerprint density at radius 3 is 2.68 bits per heavy atom. The third kappa shape index (κ3) is 3.64. The fourth-order valence-electron chi connectivity index (χ4n) is 1.87. The molecule has 0 aliphatic carbocycles. The van der Waals surface area contributed by atoms with E-state index in [4.69, 9.17) is 11.6 Å². The molecule has 0 saturated carbocycles. The van der Waals surface area contributed by atoms with E-state index >= 15 is 0 Å². The van der Waals surface area contributed by atoms with Gasteiger partial charge in [-0.3, -0.25) is 9.89 Å². The summed E-state index contributed by atoms with van der Waals surface area (Å²) < 4.78 is 1.50. The Hall–Kier alpha value is -1.68. The number of aromatic amines is 1. The first kappa shape index (κ1) is 13.7. The molecule has 0 aliphatic rings. The highest BCUT2D eigenvalue weighted by Crippen LogP contribution is 2.12. The molecule has 1 aromatic carbocycles. The summed E-state index contributed by atoms with van der Waals surface area (Å²) in [5.74, 6) is 0.746. The zero-order chi connectivity index (χ0) is 13.7. The molecule has 102 valence electrons. The van der Waals surface area contributed by atoms with Crippen LogP contribution in [0.15, 0.2) is 35.1 Å². The van der Waals surface area contributed by atoms with Gasteiger partial charge in [-0.15, -0.1) is 0 Å². The highest BCUT2D eigenvalue weighted by molar-refractivity contribution is 6.30. The summed E-state index contributed by atoms with van der Waals surface area (Å²) in [5, 5.41) is 6.92. The molecule has 0 amide bonds. The van der Waals surface area contributed by atoms with Gasteiger partial charge >= 0.3 is 0 Å². The van der Waals surface area contributed by atoms with Crippen LogP contribution in [0.3, 0.4) is 0 Å². The molecule has 5 heteroatoms. The van der Waals surface area contributed by atoms with Crippen molar-refractivity contribution in [1.82, 2.24) is 9.78 Å². The topological polar surface area (TPSA) is 49.8 Å². The van der Waals surface area contributed by atoms with Gasteiger partial charge in [0.15, 0.2) is 0 Å². The van der Waals surface area contributed by atoms with Crippen LogP contribution in [-0.4, -0.2) is 16.3 Å². The molecular weight excluding hydrogens is 262 g/mol. The first-order valence-corrected chi connectivity index (χ1v) is 6.90. The molecule has 0 spiro atoms. The van der Waals surface area contributed by atoms with E-state index < -0.39 is 0 Å². The first-order chi connectivity index (χ1) is 9.20. The Labute approximate surface area is 117 Å². The Kier molecular flexibility index (Phi) is 4.68. The molecule has 0 bridgehead atoms. The van der Waals surface area contributed by atoms with Gasteiger partial charge in [0.1, 0.15) is 5.82 Å². The molecule has 19 heavy (non-hydrogen) atoms. The molecule has 2 rings (SSSR count). The maximum absolute atomic E-state index is 11.9. The van der Waals surface area contributed by atoms with Gasteiger partial charge in [-0.1, -0.05) is 31.4 Å². The Bertz CT molecular complexity index is 571. The number of anilines is 1. The second kappa shape index (κ2) is 6.48. The number of rotatable bonds is 6. The molecule has 0 atom stereocenters. The Balaban J connectivity index is 2.08. The van der Waals surface area contributed by atoms with Crippen molar-refractivity contribution in [1.29, 1.82) is 0 Å². The van der Waals surface area contributed by atoms with Crippen LogP contribution in [0, 0.1) is 0 Å². The van der Waals surface area contributed by atoms with Crippen LogP contribution in [0.2, 0.25) is 5.02 Å². The second-order valence-corrected chi connectivity index (χ2v) is 4.89. The van der Waals surface area contributed by atoms with Gasteiger partial charge < -0.3 is 5.32 Å². The van der Waals surface area contributed by atoms with E-state index in [2.05, 4.69) is 17.3 Å². The number of hydrogen-bond donors (Lipinski definition) is 2. The van der Waals surface area contributed by atoms with Crippen molar-refractivity contribution >= 4 is 17.4 Å². The number of H-pyrrole nitrogens is 1. The molecule has 4 nitrogen and oxygen atoms in total. The van der Waals surface area contributed by atoms with Crippen molar-refractivity contribution in [2.45, 2.75) is 26.2 Å². The predicted molar refractivity (Wildman–Crippen MR) is 79.4 cm³/mol. The van der Waals surface area contributed by atoms with Gasteiger partial charge in [-0.2, -0.15) is 0 Å². The minimum Gasteiger partial charge on any atom is -0.370 e. The van der Waals surface area contributed by atoms with E-state index in [-0.39, 0.29) is 5.56 Å². The van der Waals surface area contributed by atoms with Crippen LogP contribution >= 0.6 is 11.6 Å². The molecule has 0 radical (unpaired) electrons. The van der Waals surface area contributed by atoms with Gasteiger partial charge in [0.05, 0.1) is 5.69 Å². The summed E-state index contributed by atoms with van der Waals surface area (Å²) in [6.07, 6.45) is 3.48. The molecule has 0 saturated heterocycles. The molecule has 2 aromatic rings. The lowest BCUT2D eigenvalue weighted by Crippen LogP contribution is -2.13. The highest BCUT2D eigenvalue weighted by atomic mass is 35.5. The molecular formula is C14H18ClN3O. The minimum atomic E-state index is -0.0830. The summed E-state index contributed by atoms with van der Waals surface area (Å²) in [7, 11) is 0. The van der Waals surface area contributed by atoms with Crippen LogP contribution in [0.25, 0.3) is 5.69 Å². The lowest BCUT2D eigenvalue weighted by atomic mass is 10.2. The van der Waals surface area contributed by atoms with E-state index in [1.54, 1.807) is 30.3 Å². The van der Waals surface area contributed by atoms with E-state index in [0.717, 1.165) is 24.5 Å². The maximum Gasteiger partial charge on any atom is 0.273 e. The van der Waals surface area contributed by atoms with Crippen molar-refractivity contribution in [3.63, 3.8) is 0 Å². The van der Waals surface area contributed by atoms with Crippen LogP contribution in [0.5, 0.6) is 0 Å². The average Bonchev–Trinajstić information content (AvgIpc) is 2.77. The van der Waals surface area contributed by atoms with Crippen LogP contribution in [-0.2, 0) is 0 Å². The second-order valence-electron chi connectivity index (χ2n) is 4.45. The van der Waals surface area contributed by atoms with E-state index in [1.165, 1.54) is 17.5 Å². The van der Waals surface area contributed by atoms with Gasteiger partial charge in [0.2, 0.25) is 0 Å². The fraction of sp³-hybridized carbons (Fsp3) is 0.357. The number of aromatic nitrogens is 2.